The molecule has 2 N–H and O–H groups in total. The third kappa shape index (κ3) is 4.03. The number of H-pyrrole nitrogens is 1. The summed E-state index contributed by atoms with van der Waals surface area (Å²) in [6.07, 6.45) is -1.74. The first-order valence-electron chi connectivity index (χ1n) is 8.36. The molecule has 1 aliphatic heterocycles. The molecule has 2 heterocycles. The molecule has 142 valence electrons. The standard InChI is InChI=1S/C17H21F3N4O2/c1-17(2,3)26-16(25)23-14-8-24(5-4-9(14)18)15-21-12-6-10(19)11(20)7-13(12)22-15/h6-7,9,14H,4-5,8H2,1-3H3,(H,21,22)(H,23,25)/t9-,14-/m1/s1. The smallest absolute Gasteiger partial charge is 0.408 e. The van der Waals surface area contributed by atoms with Crippen LogP contribution in [0, 0.1) is 11.6 Å². The molecule has 1 aliphatic rings. The fourth-order valence-corrected chi connectivity index (χ4v) is 2.85. The van der Waals surface area contributed by atoms with Crippen molar-refractivity contribution in [2.45, 2.75) is 45.0 Å². The van der Waals surface area contributed by atoms with Gasteiger partial charge in [-0.1, -0.05) is 0 Å². The first-order chi connectivity index (χ1) is 12.1. The topological polar surface area (TPSA) is 70.2 Å². The number of imidazole rings is 1. The van der Waals surface area contributed by atoms with Crippen LogP contribution >= 0.6 is 0 Å². The molecule has 2 aromatic rings. The van der Waals surface area contributed by atoms with Crippen LogP contribution < -0.4 is 10.2 Å². The van der Waals surface area contributed by atoms with E-state index >= 15 is 0 Å². The van der Waals surface area contributed by atoms with Crippen molar-refractivity contribution in [1.82, 2.24) is 15.3 Å². The Kier molecular flexibility index (Phi) is 4.72. The Hall–Kier alpha value is -2.45. The van der Waals surface area contributed by atoms with Crippen molar-refractivity contribution >= 4 is 23.1 Å². The number of ether oxygens (including phenoxy) is 1. The number of amides is 1. The third-order valence-corrected chi connectivity index (χ3v) is 4.04. The van der Waals surface area contributed by atoms with Crippen LogP contribution in [0.3, 0.4) is 0 Å². The number of fused-ring (bicyclic) bond motifs is 1. The highest BCUT2D eigenvalue weighted by Gasteiger charge is 2.33. The number of hydrogen-bond acceptors (Lipinski definition) is 4. The van der Waals surface area contributed by atoms with Gasteiger partial charge in [-0.05, 0) is 27.2 Å². The number of alkyl carbamates (subject to hydrolysis) is 1. The molecule has 0 spiro atoms. The molecule has 9 heteroatoms. The Morgan fingerprint density at radius 1 is 1.35 bits per heavy atom. The number of aromatic nitrogens is 2. The summed E-state index contributed by atoms with van der Waals surface area (Å²) in [6.45, 7) is 5.68. The normalized spacial score (nSPS) is 21.1. The van der Waals surface area contributed by atoms with Crippen LogP contribution in [0.1, 0.15) is 27.2 Å². The zero-order chi connectivity index (χ0) is 19.1. The Labute approximate surface area is 148 Å². The maximum atomic E-state index is 14.2. The van der Waals surface area contributed by atoms with Gasteiger partial charge in [0.05, 0.1) is 17.1 Å². The monoisotopic (exact) mass is 370 g/mol. The molecule has 0 saturated carbocycles. The van der Waals surface area contributed by atoms with Gasteiger partial charge in [-0.25, -0.2) is 22.9 Å². The van der Waals surface area contributed by atoms with E-state index in [4.69, 9.17) is 4.74 Å². The van der Waals surface area contributed by atoms with Crippen LogP contribution in [0.5, 0.6) is 0 Å². The number of halogens is 3. The molecule has 0 aliphatic carbocycles. The minimum absolute atomic E-state index is 0.158. The van der Waals surface area contributed by atoms with Crippen molar-refractivity contribution in [3.05, 3.63) is 23.8 Å². The fourth-order valence-electron chi connectivity index (χ4n) is 2.85. The lowest BCUT2D eigenvalue weighted by molar-refractivity contribution is 0.0465. The summed E-state index contributed by atoms with van der Waals surface area (Å²) < 4.78 is 46.1. The van der Waals surface area contributed by atoms with E-state index in [0.717, 1.165) is 12.1 Å². The largest absolute Gasteiger partial charge is 0.444 e. The highest BCUT2D eigenvalue weighted by atomic mass is 19.2. The second kappa shape index (κ2) is 6.69. The number of benzene rings is 1. The lowest BCUT2D eigenvalue weighted by Crippen LogP contribution is -2.54. The Bertz CT molecular complexity index is 779. The summed E-state index contributed by atoms with van der Waals surface area (Å²) in [6, 6.07) is 1.25. The Morgan fingerprint density at radius 2 is 2.04 bits per heavy atom. The number of alkyl halides is 1. The van der Waals surface area contributed by atoms with E-state index in [2.05, 4.69) is 15.3 Å². The van der Waals surface area contributed by atoms with Crippen molar-refractivity contribution in [1.29, 1.82) is 0 Å². The molecule has 1 aromatic heterocycles. The predicted octanol–water partition coefficient (Wildman–Crippen LogP) is 3.28. The van der Waals surface area contributed by atoms with Crippen LogP contribution in [-0.2, 0) is 4.74 Å². The number of aromatic amines is 1. The van der Waals surface area contributed by atoms with E-state index in [1.54, 1.807) is 25.7 Å². The van der Waals surface area contributed by atoms with Gasteiger partial charge in [-0.3, -0.25) is 0 Å². The summed E-state index contributed by atoms with van der Waals surface area (Å²) in [5.74, 6) is -1.59. The van der Waals surface area contributed by atoms with Crippen LogP contribution in [0.25, 0.3) is 11.0 Å². The molecule has 0 unspecified atom stereocenters. The number of carbonyl (C=O) groups excluding carboxylic acids is 1. The molecule has 0 radical (unpaired) electrons. The van der Waals surface area contributed by atoms with Crippen LogP contribution in [-0.4, -0.2) is 47.0 Å². The number of nitrogens with zero attached hydrogens (tertiary/aromatic N) is 2. The zero-order valence-corrected chi connectivity index (χ0v) is 14.8. The van der Waals surface area contributed by atoms with Gasteiger partial charge in [-0.2, -0.15) is 0 Å². The first kappa shape index (κ1) is 18.3. The molecule has 1 aromatic carbocycles. The summed E-state index contributed by atoms with van der Waals surface area (Å²) in [4.78, 5) is 20.8. The molecular formula is C17H21F3N4O2. The van der Waals surface area contributed by atoms with Crippen molar-refractivity contribution in [3.63, 3.8) is 0 Å². The number of piperidine rings is 1. The Balaban J connectivity index is 1.74. The minimum Gasteiger partial charge on any atom is -0.444 e. The number of carbonyl (C=O) groups is 1. The predicted molar refractivity (Wildman–Crippen MR) is 90.9 cm³/mol. The van der Waals surface area contributed by atoms with E-state index in [-0.39, 0.29) is 18.5 Å². The number of rotatable bonds is 2. The molecule has 6 nitrogen and oxygen atoms in total. The average molecular weight is 370 g/mol. The van der Waals surface area contributed by atoms with E-state index in [9.17, 15) is 18.0 Å². The molecule has 2 atom stereocenters. The lowest BCUT2D eigenvalue weighted by atomic mass is 10.0. The maximum Gasteiger partial charge on any atom is 0.408 e. The van der Waals surface area contributed by atoms with Crippen molar-refractivity contribution in [2.75, 3.05) is 18.0 Å². The molecule has 26 heavy (non-hydrogen) atoms. The van der Waals surface area contributed by atoms with Gasteiger partial charge in [0, 0.05) is 25.2 Å². The quantitative estimate of drug-likeness (QED) is 0.851. The molecule has 0 bridgehead atoms. The average Bonchev–Trinajstić information content (AvgIpc) is 2.90. The van der Waals surface area contributed by atoms with Gasteiger partial charge >= 0.3 is 6.09 Å². The van der Waals surface area contributed by atoms with E-state index in [0.29, 0.717) is 18.0 Å². The molecule has 3 rings (SSSR count). The highest BCUT2D eigenvalue weighted by molar-refractivity contribution is 5.78. The maximum absolute atomic E-state index is 14.2. The second-order valence-corrected chi connectivity index (χ2v) is 7.35. The van der Waals surface area contributed by atoms with E-state index in [1.165, 1.54) is 0 Å². The molecule has 1 fully saturated rings. The molecule has 1 amide bonds. The van der Waals surface area contributed by atoms with Crippen molar-refractivity contribution < 1.29 is 22.7 Å². The highest BCUT2D eigenvalue weighted by Crippen LogP contribution is 2.24. The van der Waals surface area contributed by atoms with Crippen LogP contribution in [0.4, 0.5) is 23.9 Å². The van der Waals surface area contributed by atoms with Crippen LogP contribution in [0.2, 0.25) is 0 Å². The molecule has 1 saturated heterocycles. The van der Waals surface area contributed by atoms with E-state index < -0.39 is 35.5 Å². The minimum atomic E-state index is -1.22. The van der Waals surface area contributed by atoms with Gasteiger partial charge in [0.2, 0.25) is 5.95 Å². The number of anilines is 1. The first-order valence-corrected chi connectivity index (χ1v) is 8.36. The lowest BCUT2D eigenvalue weighted by Gasteiger charge is -2.35. The summed E-state index contributed by atoms with van der Waals surface area (Å²) in [5.41, 5.74) is -0.0623. The van der Waals surface area contributed by atoms with Crippen LogP contribution in [0.15, 0.2) is 12.1 Å². The SMILES string of the molecule is CC(C)(C)OC(=O)N[C@@H]1CN(c2nc3cc(F)c(F)cc3[nH]2)CC[C@H]1F. The Morgan fingerprint density at radius 3 is 2.73 bits per heavy atom. The summed E-state index contributed by atoms with van der Waals surface area (Å²) in [5, 5.41) is 2.54. The van der Waals surface area contributed by atoms with Gasteiger partial charge in [0.25, 0.3) is 0 Å². The summed E-state index contributed by atoms with van der Waals surface area (Å²) in [7, 11) is 0. The summed E-state index contributed by atoms with van der Waals surface area (Å²) >= 11 is 0. The zero-order valence-electron chi connectivity index (χ0n) is 14.8. The van der Waals surface area contributed by atoms with Gasteiger partial charge < -0.3 is 19.9 Å². The third-order valence-electron chi connectivity index (χ3n) is 4.04. The number of hydrogen-bond donors (Lipinski definition) is 2. The van der Waals surface area contributed by atoms with Gasteiger partial charge in [0.15, 0.2) is 11.6 Å². The fraction of sp³-hybridized carbons (Fsp3) is 0.529. The van der Waals surface area contributed by atoms with E-state index in [1.807, 2.05) is 0 Å². The van der Waals surface area contributed by atoms with Crippen molar-refractivity contribution in [3.8, 4) is 0 Å². The van der Waals surface area contributed by atoms with Gasteiger partial charge in [-0.15, -0.1) is 0 Å². The second-order valence-electron chi connectivity index (χ2n) is 7.35. The van der Waals surface area contributed by atoms with Crippen molar-refractivity contribution in [2.24, 2.45) is 0 Å². The number of nitrogens with one attached hydrogen (secondary N) is 2. The molecular weight excluding hydrogens is 349 g/mol. The van der Waals surface area contributed by atoms with Gasteiger partial charge in [0.1, 0.15) is 11.8 Å².